The van der Waals surface area contributed by atoms with Crippen LogP contribution in [0.2, 0.25) is 0 Å². The van der Waals surface area contributed by atoms with Crippen molar-refractivity contribution in [3.63, 3.8) is 0 Å². The van der Waals surface area contributed by atoms with E-state index in [1.165, 1.54) is 22.3 Å². The van der Waals surface area contributed by atoms with E-state index in [4.69, 9.17) is 0 Å². The van der Waals surface area contributed by atoms with Crippen LogP contribution in [0.3, 0.4) is 0 Å². The van der Waals surface area contributed by atoms with Crippen LogP contribution < -0.4 is 0 Å². The monoisotopic (exact) mass is 159 g/mol. The summed E-state index contributed by atoms with van der Waals surface area (Å²) in [7, 11) is 0. The van der Waals surface area contributed by atoms with Gasteiger partial charge in [0.15, 0.2) is 0 Å². The van der Waals surface area contributed by atoms with Crippen molar-refractivity contribution in [3.05, 3.63) is 41.3 Å². The predicted molar refractivity (Wildman–Crippen MR) is 53.7 cm³/mol. The molecule has 0 aliphatic heterocycles. The minimum atomic E-state index is 0. The molecule has 0 unspecified atom stereocenters. The number of hydrogen-bond acceptors (Lipinski definition) is 0. The molecule has 0 spiro atoms. The van der Waals surface area contributed by atoms with E-state index in [0.29, 0.717) is 0 Å². The van der Waals surface area contributed by atoms with Crippen LogP contribution >= 0.6 is 0 Å². The minimum Gasteiger partial charge on any atom is -0.0561 e. The summed E-state index contributed by atoms with van der Waals surface area (Å²) < 4.78 is 0. The second-order valence-corrected chi connectivity index (χ2v) is 2.88. The number of benzene rings is 1. The van der Waals surface area contributed by atoms with Gasteiger partial charge in [-0.1, -0.05) is 17.7 Å². The molecule has 0 aliphatic rings. The zero-order chi connectivity index (χ0) is 7.72. The maximum absolute atomic E-state index is 3.96. The molecule has 0 N–H and O–H groups in total. The molecule has 1 aromatic rings. The summed E-state index contributed by atoms with van der Waals surface area (Å²) in [4.78, 5) is 0. The highest BCUT2D eigenvalue weighted by molar-refractivity contribution is 5.75. The SMILES string of the molecule is [CH2]c1c(C)cc(C)cc1C.[MgH2]. The highest BCUT2D eigenvalue weighted by Crippen LogP contribution is 2.13. The Bertz CT molecular complexity index is 228. The van der Waals surface area contributed by atoms with Crippen LogP contribution in [0.1, 0.15) is 22.3 Å². The Kier molecular flexibility index (Phi) is 4.12. The third-order valence-electron chi connectivity index (χ3n) is 1.84. The summed E-state index contributed by atoms with van der Waals surface area (Å²) in [5, 5.41) is 0. The molecule has 0 aromatic heterocycles. The maximum atomic E-state index is 3.96. The summed E-state index contributed by atoms with van der Waals surface area (Å²) in [6.45, 7) is 10.3. The lowest BCUT2D eigenvalue weighted by Gasteiger charge is -2.04. The van der Waals surface area contributed by atoms with Gasteiger partial charge in [-0.3, -0.25) is 0 Å². The highest BCUT2D eigenvalue weighted by atomic mass is 24.3. The van der Waals surface area contributed by atoms with Gasteiger partial charge >= 0.3 is 23.1 Å². The lowest BCUT2D eigenvalue weighted by Crippen LogP contribution is -1.86. The zero-order valence-corrected chi connectivity index (χ0v) is 6.86. The van der Waals surface area contributed by atoms with Gasteiger partial charge in [0.25, 0.3) is 0 Å². The summed E-state index contributed by atoms with van der Waals surface area (Å²) in [5.74, 6) is 0. The van der Waals surface area contributed by atoms with Gasteiger partial charge < -0.3 is 0 Å². The van der Waals surface area contributed by atoms with Crippen LogP contribution in [0.15, 0.2) is 12.1 Å². The molecule has 0 saturated heterocycles. The molecule has 0 atom stereocenters. The Labute approximate surface area is 85.2 Å². The van der Waals surface area contributed by atoms with E-state index < -0.39 is 0 Å². The molecule has 0 bridgehead atoms. The van der Waals surface area contributed by atoms with Crippen molar-refractivity contribution in [2.45, 2.75) is 20.8 Å². The molecular weight excluding hydrogens is 144 g/mol. The Morgan fingerprint density at radius 1 is 1.00 bits per heavy atom. The van der Waals surface area contributed by atoms with Crippen LogP contribution in [-0.2, 0) is 0 Å². The van der Waals surface area contributed by atoms with E-state index in [0.717, 1.165) is 0 Å². The van der Waals surface area contributed by atoms with Crippen molar-refractivity contribution < 1.29 is 0 Å². The van der Waals surface area contributed by atoms with E-state index in [2.05, 4.69) is 39.8 Å². The first-order valence-electron chi connectivity index (χ1n) is 3.51. The van der Waals surface area contributed by atoms with E-state index in [1.54, 1.807) is 0 Å². The molecule has 0 nitrogen and oxygen atoms in total. The number of hydrogen-bond donors (Lipinski definition) is 0. The fraction of sp³-hybridized carbons (Fsp3) is 0.300. The predicted octanol–water partition coefficient (Wildman–Crippen LogP) is 1.88. The first kappa shape index (κ1) is 11.0. The van der Waals surface area contributed by atoms with Gasteiger partial charge in [-0.05, 0) is 44.4 Å². The van der Waals surface area contributed by atoms with E-state index in [-0.39, 0.29) is 23.1 Å². The van der Waals surface area contributed by atoms with Crippen molar-refractivity contribution in [2.75, 3.05) is 0 Å². The van der Waals surface area contributed by atoms with E-state index >= 15 is 0 Å². The summed E-state index contributed by atoms with van der Waals surface area (Å²) in [5.41, 5.74) is 5.07. The van der Waals surface area contributed by atoms with Crippen molar-refractivity contribution in [1.29, 1.82) is 0 Å². The summed E-state index contributed by atoms with van der Waals surface area (Å²) in [6.07, 6.45) is 0. The van der Waals surface area contributed by atoms with Gasteiger partial charge in [-0.25, -0.2) is 0 Å². The largest absolute Gasteiger partial charge is 0.316 e. The molecule has 0 fully saturated rings. The van der Waals surface area contributed by atoms with Gasteiger partial charge in [-0.2, -0.15) is 0 Å². The first-order chi connectivity index (χ1) is 4.61. The molecule has 1 heteroatoms. The second-order valence-electron chi connectivity index (χ2n) is 2.88. The molecule has 11 heavy (non-hydrogen) atoms. The molecule has 57 valence electrons. The van der Waals surface area contributed by atoms with Gasteiger partial charge in [0, 0.05) is 0 Å². The van der Waals surface area contributed by atoms with E-state index in [9.17, 15) is 0 Å². The van der Waals surface area contributed by atoms with Gasteiger partial charge in [0.1, 0.15) is 0 Å². The lowest BCUT2D eigenvalue weighted by atomic mass is 10.0. The summed E-state index contributed by atoms with van der Waals surface area (Å²) in [6, 6.07) is 4.32. The molecule has 0 saturated carbocycles. The topological polar surface area (TPSA) is 0 Å². The van der Waals surface area contributed by atoms with Crippen LogP contribution in [0, 0.1) is 27.7 Å². The number of aryl methyl sites for hydroxylation is 3. The first-order valence-corrected chi connectivity index (χ1v) is 3.51. The van der Waals surface area contributed by atoms with Crippen molar-refractivity contribution in [1.82, 2.24) is 0 Å². The Balaban J connectivity index is 0.000001000. The van der Waals surface area contributed by atoms with Gasteiger partial charge in [0.2, 0.25) is 0 Å². The smallest absolute Gasteiger partial charge is 0.0561 e. The standard InChI is InChI=1S/C10H13.Mg.2H/c1-7-5-8(2)10(4)9(3)6-7;;;/h5-6H,4H2,1-3H3;;;. The lowest BCUT2D eigenvalue weighted by molar-refractivity contribution is 1.28. The van der Waals surface area contributed by atoms with Crippen LogP contribution in [0.4, 0.5) is 0 Å². The van der Waals surface area contributed by atoms with Crippen LogP contribution in [0.25, 0.3) is 0 Å². The molecular formula is C10H15Mg. The molecule has 0 aliphatic carbocycles. The van der Waals surface area contributed by atoms with Crippen molar-refractivity contribution in [2.24, 2.45) is 0 Å². The fourth-order valence-corrected chi connectivity index (χ4v) is 1.21. The highest BCUT2D eigenvalue weighted by Gasteiger charge is 1.96. The molecule has 1 aromatic carbocycles. The Hall–Kier alpha value is -0.0138. The van der Waals surface area contributed by atoms with Crippen LogP contribution in [-0.4, -0.2) is 23.1 Å². The minimum absolute atomic E-state index is 0. The third kappa shape index (κ3) is 2.49. The normalized spacial score (nSPS) is 9.09. The molecule has 1 radical (unpaired) electrons. The second kappa shape index (κ2) is 4.12. The average Bonchev–Trinajstić information content (AvgIpc) is 1.82. The molecule has 1 rings (SSSR count). The zero-order valence-electron chi connectivity index (χ0n) is 6.86. The third-order valence-corrected chi connectivity index (χ3v) is 1.84. The Morgan fingerprint density at radius 3 is 1.73 bits per heavy atom. The van der Waals surface area contributed by atoms with E-state index in [1.807, 2.05) is 0 Å². The average molecular weight is 160 g/mol. The number of rotatable bonds is 0. The molecule has 0 amide bonds. The van der Waals surface area contributed by atoms with Gasteiger partial charge in [-0.15, -0.1) is 0 Å². The fourth-order valence-electron chi connectivity index (χ4n) is 1.21. The maximum Gasteiger partial charge on any atom is 0.316 e. The van der Waals surface area contributed by atoms with Crippen molar-refractivity contribution in [3.8, 4) is 0 Å². The molecule has 0 heterocycles. The summed E-state index contributed by atoms with van der Waals surface area (Å²) >= 11 is 0. The quantitative estimate of drug-likeness (QED) is 0.507. The van der Waals surface area contributed by atoms with Gasteiger partial charge in [0.05, 0.1) is 0 Å². The van der Waals surface area contributed by atoms with Crippen LogP contribution in [0.5, 0.6) is 0 Å². The van der Waals surface area contributed by atoms with Crippen molar-refractivity contribution >= 4 is 23.1 Å². The Morgan fingerprint density at radius 2 is 1.36 bits per heavy atom.